The van der Waals surface area contributed by atoms with Gasteiger partial charge in [0.2, 0.25) is 5.75 Å². The fourth-order valence-electron chi connectivity index (χ4n) is 3.87. The monoisotopic (exact) mass is 360 g/mol. The lowest BCUT2D eigenvalue weighted by atomic mass is 9.99. The summed E-state index contributed by atoms with van der Waals surface area (Å²) in [6.45, 7) is 3.24. The molecule has 4 rings (SSSR count). The second kappa shape index (κ2) is 7.13. The number of likely N-dealkylation sites (tertiary alicyclic amines) is 1. The first kappa shape index (κ1) is 17.1. The lowest BCUT2D eigenvalue weighted by molar-refractivity contribution is -0.0669. The van der Waals surface area contributed by atoms with E-state index in [1.165, 1.54) is 0 Å². The van der Waals surface area contributed by atoms with Gasteiger partial charge in [0.25, 0.3) is 0 Å². The Bertz CT molecular complexity index is 753. The second-order valence-corrected chi connectivity index (χ2v) is 6.64. The minimum atomic E-state index is 0.206. The molecule has 1 fully saturated rings. The number of methoxy groups -OCH3 is 3. The maximum atomic E-state index is 5.98. The van der Waals surface area contributed by atoms with Crippen LogP contribution in [0.3, 0.4) is 0 Å². The van der Waals surface area contributed by atoms with Crippen molar-refractivity contribution in [3.63, 3.8) is 0 Å². The quantitative estimate of drug-likeness (QED) is 0.803. The zero-order valence-corrected chi connectivity index (χ0v) is 15.3. The minimum Gasteiger partial charge on any atom is -0.493 e. The fourth-order valence-corrected chi connectivity index (χ4v) is 3.87. The molecule has 0 radical (unpaired) electrons. The van der Waals surface area contributed by atoms with E-state index in [9.17, 15) is 0 Å². The Morgan fingerprint density at radius 1 is 1.15 bits per heavy atom. The standard InChI is InChI=1S/C18H24N4O4/c1-23-16-6-12(7-17(24-2)18(16)25-3)9-21-5-4-15-14(10-21)22-13(11-26-15)8-19-20-22/h6-8,14-15H,4-5,9-11H2,1-3H3/t14-,15-/m0/s1. The van der Waals surface area contributed by atoms with E-state index < -0.39 is 0 Å². The minimum absolute atomic E-state index is 0.206. The second-order valence-electron chi connectivity index (χ2n) is 6.64. The van der Waals surface area contributed by atoms with Crippen LogP contribution in [0.2, 0.25) is 0 Å². The molecule has 2 aliphatic rings. The van der Waals surface area contributed by atoms with Gasteiger partial charge in [0.05, 0.1) is 52.0 Å². The molecule has 2 aliphatic heterocycles. The van der Waals surface area contributed by atoms with Crippen LogP contribution in [0.25, 0.3) is 0 Å². The normalized spacial score (nSPS) is 22.4. The summed E-state index contributed by atoms with van der Waals surface area (Å²) in [5.41, 5.74) is 2.16. The van der Waals surface area contributed by atoms with Crippen molar-refractivity contribution in [2.24, 2.45) is 0 Å². The molecular formula is C18H24N4O4. The highest BCUT2D eigenvalue weighted by Gasteiger charge is 2.36. The third-order valence-corrected chi connectivity index (χ3v) is 5.14. The first-order valence-electron chi connectivity index (χ1n) is 8.75. The summed E-state index contributed by atoms with van der Waals surface area (Å²) in [5.74, 6) is 1.97. The van der Waals surface area contributed by atoms with E-state index in [0.717, 1.165) is 37.3 Å². The zero-order valence-electron chi connectivity index (χ0n) is 15.3. The van der Waals surface area contributed by atoms with Crippen molar-refractivity contribution >= 4 is 0 Å². The molecule has 0 bridgehead atoms. The Morgan fingerprint density at radius 3 is 2.62 bits per heavy atom. The van der Waals surface area contributed by atoms with Crippen molar-refractivity contribution in [2.45, 2.75) is 31.7 Å². The lowest BCUT2D eigenvalue weighted by Gasteiger charge is -2.41. The number of ether oxygens (including phenoxy) is 4. The Labute approximate surface area is 152 Å². The Balaban J connectivity index is 1.54. The van der Waals surface area contributed by atoms with Crippen LogP contribution in [0.5, 0.6) is 17.2 Å². The largest absolute Gasteiger partial charge is 0.493 e. The van der Waals surface area contributed by atoms with E-state index >= 15 is 0 Å². The Hall–Kier alpha value is -2.32. The molecule has 0 spiro atoms. The maximum Gasteiger partial charge on any atom is 0.203 e. The molecule has 140 valence electrons. The van der Waals surface area contributed by atoms with Crippen molar-refractivity contribution in [2.75, 3.05) is 34.4 Å². The molecule has 26 heavy (non-hydrogen) atoms. The van der Waals surface area contributed by atoms with Crippen LogP contribution in [0.4, 0.5) is 0 Å². The van der Waals surface area contributed by atoms with Gasteiger partial charge in [-0.05, 0) is 24.1 Å². The molecular weight excluding hydrogens is 336 g/mol. The number of nitrogens with zero attached hydrogens (tertiary/aromatic N) is 4. The zero-order chi connectivity index (χ0) is 18.1. The van der Waals surface area contributed by atoms with Gasteiger partial charge in [-0.15, -0.1) is 5.10 Å². The molecule has 0 aliphatic carbocycles. The summed E-state index contributed by atoms with van der Waals surface area (Å²) in [4.78, 5) is 2.40. The highest BCUT2D eigenvalue weighted by Crippen LogP contribution is 2.39. The molecule has 1 saturated heterocycles. The predicted molar refractivity (Wildman–Crippen MR) is 93.6 cm³/mol. The number of rotatable bonds is 5. The van der Waals surface area contributed by atoms with Gasteiger partial charge in [-0.1, -0.05) is 5.21 Å². The van der Waals surface area contributed by atoms with E-state index in [1.54, 1.807) is 27.5 Å². The summed E-state index contributed by atoms with van der Waals surface area (Å²) in [5, 5.41) is 8.30. The summed E-state index contributed by atoms with van der Waals surface area (Å²) in [6, 6.07) is 4.22. The fraction of sp³-hybridized carbons (Fsp3) is 0.556. The van der Waals surface area contributed by atoms with E-state index in [1.807, 2.05) is 16.8 Å². The third-order valence-electron chi connectivity index (χ3n) is 5.14. The Morgan fingerprint density at radius 2 is 1.92 bits per heavy atom. The van der Waals surface area contributed by atoms with E-state index in [4.69, 9.17) is 18.9 Å². The third kappa shape index (κ3) is 2.99. The van der Waals surface area contributed by atoms with Crippen molar-refractivity contribution in [3.05, 3.63) is 29.6 Å². The van der Waals surface area contributed by atoms with Crippen LogP contribution in [0.15, 0.2) is 18.3 Å². The molecule has 1 aromatic carbocycles. The number of hydrogen-bond acceptors (Lipinski definition) is 7. The van der Waals surface area contributed by atoms with Gasteiger partial charge in [-0.3, -0.25) is 4.90 Å². The summed E-state index contributed by atoms with van der Waals surface area (Å²) in [6.07, 6.45) is 2.98. The first-order chi connectivity index (χ1) is 12.7. The predicted octanol–water partition coefficient (Wildman–Crippen LogP) is 1.65. The average Bonchev–Trinajstić information content (AvgIpc) is 3.16. The van der Waals surface area contributed by atoms with Crippen molar-refractivity contribution < 1.29 is 18.9 Å². The summed E-state index contributed by atoms with van der Waals surface area (Å²) < 4.78 is 24.3. The number of hydrogen-bond donors (Lipinski definition) is 0. The van der Waals surface area contributed by atoms with Gasteiger partial charge >= 0.3 is 0 Å². The number of benzene rings is 1. The van der Waals surface area contributed by atoms with E-state index in [2.05, 4.69) is 15.2 Å². The maximum absolute atomic E-state index is 5.98. The van der Waals surface area contributed by atoms with Gasteiger partial charge in [-0.2, -0.15) is 0 Å². The highest BCUT2D eigenvalue weighted by atomic mass is 16.5. The molecule has 0 N–H and O–H groups in total. The Kier molecular flexibility index (Phi) is 4.69. The number of fused-ring (bicyclic) bond motifs is 3. The molecule has 0 saturated carbocycles. The number of piperidine rings is 1. The summed E-state index contributed by atoms with van der Waals surface area (Å²) >= 11 is 0. The van der Waals surface area contributed by atoms with Crippen LogP contribution in [0.1, 0.15) is 23.7 Å². The highest BCUT2D eigenvalue weighted by molar-refractivity contribution is 5.53. The average molecular weight is 360 g/mol. The molecule has 0 unspecified atom stereocenters. The van der Waals surface area contributed by atoms with Crippen molar-refractivity contribution in [3.8, 4) is 17.2 Å². The van der Waals surface area contributed by atoms with Crippen LogP contribution in [-0.2, 0) is 17.9 Å². The lowest BCUT2D eigenvalue weighted by Crippen LogP contribution is -2.47. The van der Waals surface area contributed by atoms with E-state index in [0.29, 0.717) is 23.9 Å². The molecule has 8 heteroatoms. The van der Waals surface area contributed by atoms with Crippen LogP contribution in [-0.4, -0.2) is 60.4 Å². The van der Waals surface area contributed by atoms with Gasteiger partial charge in [0.1, 0.15) is 0 Å². The molecule has 1 aromatic heterocycles. The molecule has 3 heterocycles. The first-order valence-corrected chi connectivity index (χ1v) is 8.75. The molecule has 0 amide bonds. The van der Waals surface area contributed by atoms with Crippen molar-refractivity contribution in [1.29, 1.82) is 0 Å². The van der Waals surface area contributed by atoms with Gasteiger partial charge in [0.15, 0.2) is 11.5 Å². The number of aromatic nitrogens is 3. The van der Waals surface area contributed by atoms with Crippen LogP contribution in [0, 0.1) is 0 Å². The van der Waals surface area contributed by atoms with Gasteiger partial charge in [0, 0.05) is 19.6 Å². The molecule has 2 atom stereocenters. The van der Waals surface area contributed by atoms with Gasteiger partial charge < -0.3 is 18.9 Å². The van der Waals surface area contributed by atoms with Crippen molar-refractivity contribution in [1.82, 2.24) is 19.9 Å². The topological polar surface area (TPSA) is 70.9 Å². The molecule has 2 aromatic rings. The van der Waals surface area contributed by atoms with Crippen LogP contribution < -0.4 is 14.2 Å². The smallest absolute Gasteiger partial charge is 0.203 e. The summed E-state index contributed by atoms with van der Waals surface area (Å²) in [7, 11) is 4.89. The SMILES string of the molecule is COc1cc(CN2CC[C@@H]3OCc4cnnn4[C@H]3C2)cc(OC)c1OC. The van der Waals surface area contributed by atoms with Crippen LogP contribution >= 0.6 is 0 Å². The van der Waals surface area contributed by atoms with Gasteiger partial charge in [-0.25, -0.2) is 4.68 Å². The van der Waals surface area contributed by atoms with E-state index in [-0.39, 0.29) is 12.1 Å². The molecule has 8 nitrogen and oxygen atoms in total.